The highest BCUT2D eigenvalue weighted by molar-refractivity contribution is 5.27. The maximum Gasteiger partial charge on any atom is 0.0208 e. The Morgan fingerprint density at radius 1 is 1.50 bits per heavy atom. The molecule has 1 aromatic carbocycles. The molecule has 1 aliphatic heterocycles. The van der Waals surface area contributed by atoms with Crippen molar-refractivity contribution in [2.24, 2.45) is 0 Å². The topological polar surface area (TPSA) is 12.0 Å². The first-order valence-corrected chi connectivity index (χ1v) is 3.66. The summed E-state index contributed by atoms with van der Waals surface area (Å²) in [6.45, 7) is 2.13. The molecular weight excluding hydrogens is 122 g/mol. The van der Waals surface area contributed by atoms with Crippen molar-refractivity contribution in [3.63, 3.8) is 0 Å². The molecule has 0 saturated heterocycles. The molecule has 0 bridgehead atoms. The largest absolute Gasteiger partial charge is 0.312 e. The first-order valence-electron chi connectivity index (χ1n) is 3.66. The molecule has 1 radical (unpaired) electrons. The standard InChI is InChI=1S/C9H10N/c1-2-4-9-7-10-6-5-8(9)3-1/h1-2,4,10H,5-7H2. The lowest BCUT2D eigenvalue weighted by Gasteiger charge is -2.15. The Kier molecular flexibility index (Phi) is 1.44. The van der Waals surface area contributed by atoms with Crippen molar-refractivity contribution in [2.75, 3.05) is 6.54 Å². The first-order chi connectivity index (χ1) is 4.97. The van der Waals surface area contributed by atoms with Gasteiger partial charge in [-0.15, -0.1) is 0 Å². The van der Waals surface area contributed by atoms with Crippen molar-refractivity contribution in [3.05, 3.63) is 35.4 Å². The second-order valence-corrected chi connectivity index (χ2v) is 2.60. The molecule has 51 valence electrons. The summed E-state index contributed by atoms with van der Waals surface area (Å²) in [6.07, 6.45) is 1.14. The van der Waals surface area contributed by atoms with Crippen LogP contribution in [0.3, 0.4) is 0 Å². The number of hydrogen-bond donors (Lipinski definition) is 1. The number of nitrogens with one attached hydrogen (secondary N) is 1. The lowest BCUT2D eigenvalue weighted by Crippen LogP contribution is -2.23. The van der Waals surface area contributed by atoms with Crippen molar-refractivity contribution in [3.8, 4) is 0 Å². The molecule has 0 fully saturated rings. The lowest BCUT2D eigenvalue weighted by atomic mass is 10.0. The average molecular weight is 132 g/mol. The van der Waals surface area contributed by atoms with Gasteiger partial charge >= 0.3 is 0 Å². The van der Waals surface area contributed by atoms with Gasteiger partial charge in [-0.1, -0.05) is 18.2 Å². The summed E-state index contributed by atoms with van der Waals surface area (Å²) in [4.78, 5) is 0. The minimum atomic E-state index is 1.02. The maximum absolute atomic E-state index is 3.32. The number of rotatable bonds is 0. The van der Waals surface area contributed by atoms with Crippen LogP contribution < -0.4 is 5.32 Å². The lowest BCUT2D eigenvalue weighted by molar-refractivity contribution is 0.643. The zero-order valence-corrected chi connectivity index (χ0v) is 5.85. The molecule has 0 amide bonds. The molecular formula is C9H10N. The quantitative estimate of drug-likeness (QED) is 0.558. The van der Waals surface area contributed by atoms with Gasteiger partial charge in [0.15, 0.2) is 0 Å². The Balaban J connectivity index is 2.41. The highest BCUT2D eigenvalue weighted by atomic mass is 14.9. The van der Waals surface area contributed by atoms with E-state index < -0.39 is 0 Å². The van der Waals surface area contributed by atoms with Crippen LogP contribution in [0.1, 0.15) is 11.1 Å². The average Bonchev–Trinajstić information content (AvgIpc) is 2.05. The fourth-order valence-corrected chi connectivity index (χ4v) is 1.34. The first kappa shape index (κ1) is 5.93. The molecule has 0 spiro atoms. The third-order valence-corrected chi connectivity index (χ3v) is 1.91. The summed E-state index contributed by atoms with van der Waals surface area (Å²) >= 11 is 0. The summed E-state index contributed by atoms with van der Waals surface area (Å²) < 4.78 is 0. The van der Waals surface area contributed by atoms with E-state index in [4.69, 9.17) is 0 Å². The van der Waals surface area contributed by atoms with Gasteiger partial charge in [0.2, 0.25) is 0 Å². The number of hydrogen-bond acceptors (Lipinski definition) is 1. The fraction of sp³-hybridized carbons (Fsp3) is 0.333. The highest BCUT2D eigenvalue weighted by Gasteiger charge is 2.05. The van der Waals surface area contributed by atoms with Crippen LogP contribution in [0.15, 0.2) is 18.2 Å². The van der Waals surface area contributed by atoms with Gasteiger partial charge in [0.1, 0.15) is 0 Å². The summed E-state index contributed by atoms with van der Waals surface area (Å²) in [6, 6.07) is 9.45. The molecule has 1 heterocycles. The summed E-state index contributed by atoms with van der Waals surface area (Å²) in [5.74, 6) is 0. The van der Waals surface area contributed by atoms with Crippen molar-refractivity contribution >= 4 is 0 Å². The molecule has 1 N–H and O–H groups in total. The van der Waals surface area contributed by atoms with E-state index in [0.29, 0.717) is 0 Å². The third kappa shape index (κ3) is 0.929. The van der Waals surface area contributed by atoms with E-state index in [1.807, 2.05) is 12.1 Å². The summed E-state index contributed by atoms with van der Waals surface area (Å²) in [7, 11) is 0. The molecule has 2 rings (SSSR count). The minimum Gasteiger partial charge on any atom is -0.312 e. The number of benzene rings is 1. The molecule has 0 saturated carbocycles. The zero-order valence-electron chi connectivity index (χ0n) is 5.85. The molecule has 1 nitrogen and oxygen atoms in total. The van der Waals surface area contributed by atoms with Gasteiger partial charge < -0.3 is 5.32 Å². The van der Waals surface area contributed by atoms with Gasteiger partial charge in [-0.05, 0) is 30.2 Å². The van der Waals surface area contributed by atoms with Gasteiger partial charge in [0, 0.05) is 6.54 Å². The molecule has 0 aromatic heterocycles. The van der Waals surface area contributed by atoms with Gasteiger partial charge in [0.05, 0.1) is 0 Å². The van der Waals surface area contributed by atoms with Crippen LogP contribution in [-0.4, -0.2) is 6.54 Å². The highest BCUT2D eigenvalue weighted by Crippen LogP contribution is 2.11. The second kappa shape index (κ2) is 2.43. The Morgan fingerprint density at radius 3 is 3.40 bits per heavy atom. The number of fused-ring (bicyclic) bond motifs is 1. The van der Waals surface area contributed by atoms with E-state index in [9.17, 15) is 0 Å². The van der Waals surface area contributed by atoms with Crippen molar-refractivity contribution in [1.82, 2.24) is 5.32 Å². The van der Waals surface area contributed by atoms with Crippen LogP contribution in [0.25, 0.3) is 0 Å². The van der Waals surface area contributed by atoms with Gasteiger partial charge in [-0.25, -0.2) is 0 Å². The van der Waals surface area contributed by atoms with Crippen LogP contribution in [-0.2, 0) is 13.0 Å². The molecule has 0 aliphatic carbocycles. The third-order valence-electron chi connectivity index (χ3n) is 1.91. The van der Waals surface area contributed by atoms with Crippen LogP contribution in [0.5, 0.6) is 0 Å². The van der Waals surface area contributed by atoms with E-state index in [0.717, 1.165) is 19.5 Å². The van der Waals surface area contributed by atoms with Crippen LogP contribution in [0.2, 0.25) is 0 Å². The molecule has 1 heteroatoms. The summed E-state index contributed by atoms with van der Waals surface area (Å²) in [5, 5.41) is 3.32. The van der Waals surface area contributed by atoms with Gasteiger partial charge in [-0.2, -0.15) is 0 Å². The fourth-order valence-electron chi connectivity index (χ4n) is 1.34. The van der Waals surface area contributed by atoms with Gasteiger partial charge in [0.25, 0.3) is 0 Å². The Morgan fingerprint density at radius 2 is 2.50 bits per heavy atom. The van der Waals surface area contributed by atoms with E-state index >= 15 is 0 Å². The second-order valence-electron chi connectivity index (χ2n) is 2.60. The van der Waals surface area contributed by atoms with E-state index in [2.05, 4.69) is 17.4 Å². The van der Waals surface area contributed by atoms with Gasteiger partial charge in [-0.3, -0.25) is 0 Å². The molecule has 1 aromatic rings. The molecule has 0 unspecified atom stereocenters. The predicted octanol–water partition coefficient (Wildman–Crippen LogP) is 1.13. The molecule has 10 heavy (non-hydrogen) atoms. The van der Waals surface area contributed by atoms with E-state index in [1.54, 1.807) is 0 Å². The minimum absolute atomic E-state index is 1.02. The summed E-state index contributed by atoms with van der Waals surface area (Å²) in [5.41, 5.74) is 2.80. The Hall–Kier alpha value is -0.820. The predicted molar refractivity (Wildman–Crippen MR) is 40.7 cm³/mol. The van der Waals surface area contributed by atoms with Crippen LogP contribution >= 0.6 is 0 Å². The van der Waals surface area contributed by atoms with Crippen molar-refractivity contribution < 1.29 is 0 Å². The molecule has 0 atom stereocenters. The van der Waals surface area contributed by atoms with Crippen molar-refractivity contribution in [2.45, 2.75) is 13.0 Å². The van der Waals surface area contributed by atoms with E-state index in [1.165, 1.54) is 11.1 Å². The maximum atomic E-state index is 3.32. The SMILES string of the molecule is [c]1cccc2c1CCNC2. The Bertz CT molecular complexity index is 205. The monoisotopic (exact) mass is 132 g/mol. The Labute approximate surface area is 61.1 Å². The molecule has 1 aliphatic rings. The van der Waals surface area contributed by atoms with Crippen molar-refractivity contribution in [1.29, 1.82) is 0 Å². The smallest absolute Gasteiger partial charge is 0.0208 e. The van der Waals surface area contributed by atoms with Crippen LogP contribution in [0, 0.1) is 6.07 Å². The van der Waals surface area contributed by atoms with E-state index in [-0.39, 0.29) is 0 Å². The normalized spacial score (nSPS) is 16.4. The zero-order chi connectivity index (χ0) is 6.81. The van der Waals surface area contributed by atoms with Crippen LogP contribution in [0.4, 0.5) is 0 Å².